The number of likely N-dealkylation sites (N-methyl/N-ethyl adjacent to an activating group) is 1. The van der Waals surface area contributed by atoms with Crippen molar-refractivity contribution in [2.24, 2.45) is 23.7 Å². The van der Waals surface area contributed by atoms with Crippen LogP contribution in [0.15, 0.2) is 0 Å². The molecule has 3 aliphatic rings. The maximum absolute atomic E-state index is 14.2. The van der Waals surface area contributed by atoms with Crippen LogP contribution in [0.3, 0.4) is 0 Å². The molecule has 18 atom stereocenters. The fourth-order valence-corrected chi connectivity index (χ4v) is 8.70. The molecule has 52 heavy (non-hydrogen) atoms. The van der Waals surface area contributed by atoms with Gasteiger partial charge in [0.25, 0.3) is 0 Å². The molecule has 0 aliphatic carbocycles. The number of rotatable bonds is 8. The zero-order valence-corrected chi connectivity index (χ0v) is 33.6. The quantitative estimate of drug-likeness (QED) is 0.227. The third-order valence-corrected chi connectivity index (χ3v) is 12.2. The molecule has 5 N–H and O–H groups in total. The highest BCUT2D eigenvalue weighted by molar-refractivity contribution is 5.83. The topological polar surface area (TPSA) is 194 Å². The summed E-state index contributed by atoms with van der Waals surface area (Å²) in [5.41, 5.74) is -4.80. The van der Waals surface area contributed by atoms with Gasteiger partial charge in [-0.05, 0) is 74.4 Å². The summed E-state index contributed by atoms with van der Waals surface area (Å²) in [6.45, 7) is 16.7. The number of hydrogen-bond acceptors (Lipinski definition) is 14. The van der Waals surface area contributed by atoms with Gasteiger partial charge >= 0.3 is 5.97 Å². The van der Waals surface area contributed by atoms with Crippen LogP contribution >= 0.6 is 0 Å². The molecule has 14 heteroatoms. The van der Waals surface area contributed by atoms with E-state index in [0.717, 1.165) is 0 Å². The standard InChI is InChI=1S/C38H69NO13/c1-14-26-38(46,15-2)31(42)21(5)28(40)19(3)17-36(9,45)33(52-35-29(41)25(39(11)12)16-20(4)48-35)22(6)30(23(7)34(44)50-26)51-27-18-37(10,47-13)32(43)24(8)49-27/h19-27,29-33,35,41-43,45-46H,14-18H2,1-13H3/t19?,20?,21?,22?,23?,24?,25?,26?,27?,29?,30?,31?,32?,33?,35?,36-,37?,38?/m1/s1. The zero-order valence-electron chi connectivity index (χ0n) is 33.6. The Hall–Kier alpha value is -1.30. The van der Waals surface area contributed by atoms with E-state index in [9.17, 15) is 35.1 Å². The first kappa shape index (κ1) is 45.1. The molecule has 0 aromatic carbocycles. The first-order valence-corrected chi connectivity index (χ1v) is 19.1. The van der Waals surface area contributed by atoms with Crippen molar-refractivity contribution in [1.82, 2.24) is 4.90 Å². The summed E-state index contributed by atoms with van der Waals surface area (Å²) in [7, 11) is 5.18. The lowest BCUT2D eigenvalue weighted by Crippen LogP contribution is -2.61. The number of esters is 1. The van der Waals surface area contributed by atoms with Crippen LogP contribution in [-0.4, -0.2) is 148 Å². The van der Waals surface area contributed by atoms with Crippen molar-refractivity contribution in [3.05, 3.63) is 0 Å². The predicted octanol–water partition coefficient (Wildman–Crippen LogP) is 2.18. The molecular formula is C38H69NO13. The molecule has 0 aromatic rings. The fourth-order valence-electron chi connectivity index (χ4n) is 8.70. The third-order valence-electron chi connectivity index (χ3n) is 12.2. The van der Waals surface area contributed by atoms with Crippen molar-refractivity contribution < 1.29 is 63.5 Å². The largest absolute Gasteiger partial charge is 0.459 e. The Morgan fingerprint density at radius 3 is 2.04 bits per heavy atom. The molecule has 0 spiro atoms. The van der Waals surface area contributed by atoms with Gasteiger partial charge in [-0.25, -0.2) is 0 Å². The summed E-state index contributed by atoms with van der Waals surface area (Å²) in [5.74, 6) is -4.95. The zero-order chi connectivity index (χ0) is 39.7. The van der Waals surface area contributed by atoms with Gasteiger partial charge in [0, 0.05) is 37.3 Å². The smallest absolute Gasteiger partial charge is 0.311 e. The molecule has 0 bridgehead atoms. The van der Waals surface area contributed by atoms with Gasteiger partial charge in [0.15, 0.2) is 12.6 Å². The fraction of sp³-hybridized carbons (Fsp3) is 0.947. The number of carbonyl (C=O) groups excluding carboxylic acids is 2. The predicted molar refractivity (Wildman–Crippen MR) is 191 cm³/mol. The number of methoxy groups -OCH3 is 1. The number of aliphatic hydroxyl groups is 5. The number of hydrogen-bond donors (Lipinski definition) is 5. The Bertz CT molecular complexity index is 1190. The van der Waals surface area contributed by atoms with Crippen molar-refractivity contribution in [2.75, 3.05) is 21.2 Å². The molecule has 14 nitrogen and oxygen atoms in total. The lowest BCUT2D eigenvalue weighted by Gasteiger charge is -2.49. The molecule has 3 fully saturated rings. The summed E-state index contributed by atoms with van der Waals surface area (Å²) in [6, 6.07) is -0.324. The van der Waals surface area contributed by atoms with Crippen molar-refractivity contribution in [3.8, 4) is 0 Å². The Morgan fingerprint density at radius 1 is 0.885 bits per heavy atom. The molecule has 0 amide bonds. The summed E-state index contributed by atoms with van der Waals surface area (Å²) < 4.78 is 37.2. The molecule has 17 unspecified atom stereocenters. The summed E-state index contributed by atoms with van der Waals surface area (Å²) in [4.78, 5) is 30.0. The number of aliphatic hydroxyl groups excluding tert-OH is 3. The molecule has 3 aliphatic heterocycles. The van der Waals surface area contributed by atoms with E-state index in [1.54, 1.807) is 48.5 Å². The minimum absolute atomic E-state index is 0.00783. The normalized spacial score (nSPS) is 49.0. The van der Waals surface area contributed by atoms with Crippen molar-refractivity contribution in [2.45, 2.75) is 186 Å². The second kappa shape index (κ2) is 17.7. The Labute approximate surface area is 310 Å². The Balaban J connectivity index is 2.20. The van der Waals surface area contributed by atoms with Crippen molar-refractivity contribution in [1.29, 1.82) is 0 Å². The number of ketones is 1. The van der Waals surface area contributed by atoms with Crippen LogP contribution < -0.4 is 0 Å². The lowest BCUT2D eigenvalue weighted by atomic mass is 9.73. The first-order valence-electron chi connectivity index (χ1n) is 19.1. The molecule has 0 saturated carbocycles. The summed E-state index contributed by atoms with van der Waals surface area (Å²) >= 11 is 0. The van der Waals surface area contributed by atoms with E-state index < -0.39 is 108 Å². The molecule has 3 rings (SSSR count). The average molecular weight is 748 g/mol. The average Bonchev–Trinajstić information content (AvgIpc) is 3.08. The van der Waals surface area contributed by atoms with Crippen LogP contribution in [0, 0.1) is 23.7 Å². The van der Waals surface area contributed by atoms with E-state index in [1.807, 2.05) is 25.9 Å². The monoisotopic (exact) mass is 747 g/mol. The third kappa shape index (κ3) is 9.38. The summed E-state index contributed by atoms with van der Waals surface area (Å²) in [6.07, 6.45) is -9.68. The first-order chi connectivity index (χ1) is 24.0. The number of nitrogens with zero attached hydrogens (tertiary/aromatic N) is 1. The van der Waals surface area contributed by atoms with E-state index in [-0.39, 0.29) is 37.8 Å². The second-order valence-corrected chi connectivity index (χ2v) is 16.6. The van der Waals surface area contributed by atoms with E-state index in [1.165, 1.54) is 21.0 Å². The lowest BCUT2D eigenvalue weighted by molar-refractivity contribution is -0.318. The van der Waals surface area contributed by atoms with Crippen LogP contribution in [0.4, 0.5) is 0 Å². The summed E-state index contributed by atoms with van der Waals surface area (Å²) in [5, 5.41) is 58.2. The second-order valence-electron chi connectivity index (χ2n) is 16.6. The molecular weight excluding hydrogens is 678 g/mol. The minimum atomic E-state index is -1.95. The Kier molecular flexibility index (Phi) is 15.3. The van der Waals surface area contributed by atoms with Crippen LogP contribution in [0.5, 0.6) is 0 Å². The van der Waals surface area contributed by atoms with Gasteiger partial charge in [0.05, 0.1) is 47.6 Å². The van der Waals surface area contributed by atoms with Gasteiger partial charge in [0.1, 0.15) is 29.7 Å². The van der Waals surface area contributed by atoms with Crippen LogP contribution in [-0.2, 0) is 38.0 Å². The SMILES string of the molecule is CCC1OC(=O)C(C)C(OC2CC(C)(OC)C(O)C(C)O2)C(C)C(OC2OC(C)CC(N(C)C)C2O)[C@](C)(O)CC(C)C(=O)C(C)C(O)C1(O)CC. The van der Waals surface area contributed by atoms with Crippen LogP contribution in [0.2, 0.25) is 0 Å². The maximum Gasteiger partial charge on any atom is 0.311 e. The number of Topliss-reactive ketones (excluding diaryl/α,β-unsaturated/α-hetero) is 1. The van der Waals surface area contributed by atoms with Crippen LogP contribution in [0.1, 0.15) is 101 Å². The molecule has 3 heterocycles. The van der Waals surface area contributed by atoms with Gasteiger partial charge in [-0.1, -0.05) is 34.6 Å². The maximum atomic E-state index is 14.2. The van der Waals surface area contributed by atoms with E-state index in [2.05, 4.69) is 0 Å². The minimum Gasteiger partial charge on any atom is -0.459 e. The Morgan fingerprint density at radius 2 is 1.50 bits per heavy atom. The van der Waals surface area contributed by atoms with Gasteiger partial charge in [-0.2, -0.15) is 0 Å². The highest BCUT2D eigenvalue weighted by Crippen LogP contribution is 2.41. The highest BCUT2D eigenvalue weighted by atomic mass is 16.7. The number of cyclic esters (lactones) is 1. The van der Waals surface area contributed by atoms with Crippen LogP contribution in [0.25, 0.3) is 0 Å². The van der Waals surface area contributed by atoms with E-state index in [0.29, 0.717) is 6.42 Å². The number of carbonyl (C=O) groups is 2. The molecule has 0 aromatic heterocycles. The highest BCUT2D eigenvalue weighted by Gasteiger charge is 2.54. The van der Waals surface area contributed by atoms with E-state index >= 15 is 0 Å². The molecule has 0 radical (unpaired) electrons. The van der Waals surface area contributed by atoms with E-state index in [4.69, 9.17) is 28.4 Å². The van der Waals surface area contributed by atoms with Gasteiger partial charge < -0.3 is 58.9 Å². The van der Waals surface area contributed by atoms with Crippen molar-refractivity contribution in [3.63, 3.8) is 0 Å². The van der Waals surface area contributed by atoms with Crippen molar-refractivity contribution >= 4 is 11.8 Å². The van der Waals surface area contributed by atoms with Gasteiger partial charge in [-0.3, -0.25) is 9.59 Å². The molecule has 304 valence electrons. The van der Waals surface area contributed by atoms with Gasteiger partial charge in [0.2, 0.25) is 0 Å². The van der Waals surface area contributed by atoms with Gasteiger partial charge in [-0.15, -0.1) is 0 Å². The number of ether oxygens (including phenoxy) is 6. The molecule has 3 saturated heterocycles.